The summed E-state index contributed by atoms with van der Waals surface area (Å²) in [5.41, 5.74) is 0.445. The topological polar surface area (TPSA) is 70.1 Å². The van der Waals surface area contributed by atoms with Crippen molar-refractivity contribution in [3.8, 4) is 5.75 Å². The molecule has 1 heterocycles. The van der Waals surface area contributed by atoms with Gasteiger partial charge in [-0.05, 0) is 25.2 Å². The van der Waals surface area contributed by atoms with E-state index in [1.165, 1.54) is 19.2 Å². The molecule has 0 radical (unpaired) electrons. The molecule has 0 bridgehead atoms. The molecule has 0 amide bonds. The van der Waals surface area contributed by atoms with Crippen molar-refractivity contribution in [1.82, 2.24) is 9.80 Å². The molecule has 2 rings (SSSR count). The molecular weight excluding hydrogens is 284 g/mol. The number of Topliss-reactive ketones (excluding diaryl/α,β-unsaturated/α-hetero) is 1. The van der Waals surface area contributed by atoms with E-state index in [1.807, 2.05) is 0 Å². The molecule has 120 valence electrons. The molecule has 0 aromatic heterocycles. The number of nitrogens with zero attached hydrogens (tertiary/aromatic N) is 2. The van der Waals surface area contributed by atoms with E-state index < -0.39 is 5.97 Å². The van der Waals surface area contributed by atoms with Crippen LogP contribution in [0.3, 0.4) is 0 Å². The molecule has 0 unspecified atom stereocenters. The van der Waals surface area contributed by atoms with Gasteiger partial charge in [0.05, 0.1) is 7.11 Å². The molecule has 0 spiro atoms. The van der Waals surface area contributed by atoms with Crippen LogP contribution in [0.5, 0.6) is 5.75 Å². The fourth-order valence-corrected chi connectivity index (χ4v) is 2.52. The maximum absolute atomic E-state index is 12.3. The van der Waals surface area contributed by atoms with Gasteiger partial charge in [-0.15, -0.1) is 0 Å². The summed E-state index contributed by atoms with van der Waals surface area (Å²) in [7, 11) is 3.50. The number of ether oxygens (including phenoxy) is 1. The zero-order chi connectivity index (χ0) is 16.1. The summed E-state index contributed by atoms with van der Waals surface area (Å²) in [6.45, 7) is 4.67. The lowest BCUT2D eigenvalue weighted by Gasteiger charge is -2.32. The second-order valence-corrected chi connectivity index (χ2v) is 5.54. The lowest BCUT2D eigenvalue weighted by atomic mass is 10.0. The first kappa shape index (κ1) is 16.5. The van der Waals surface area contributed by atoms with Crippen molar-refractivity contribution in [2.24, 2.45) is 0 Å². The molecule has 1 aliphatic rings. The Kier molecular flexibility index (Phi) is 5.51. The molecule has 22 heavy (non-hydrogen) atoms. The van der Waals surface area contributed by atoms with Crippen LogP contribution in [-0.2, 0) is 0 Å². The molecule has 6 nitrogen and oxygen atoms in total. The Balaban J connectivity index is 1.97. The van der Waals surface area contributed by atoms with Crippen molar-refractivity contribution in [3.05, 3.63) is 29.3 Å². The lowest BCUT2D eigenvalue weighted by Crippen LogP contribution is -2.45. The average molecular weight is 306 g/mol. The molecule has 1 aliphatic heterocycles. The predicted molar refractivity (Wildman–Crippen MR) is 82.8 cm³/mol. The zero-order valence-corrected chi connectivity index (χ0v) is 13.0. The highest BCUT2D eigenvalue weighted by Crippen LogP contribution is 2.20. The fourth-order valence-electron chi connectivity index (χ4n) is 2.52. The summed E-state index contributed by atoms with van der Waals surface area (Å²) in [6.07, 6.45) is 0.398. The number of carboxylic acid groups (broad SMARTS) is 1. The van der Waals surface area contributed by atoms with Crippen LogP contribution < -0.4 is 4.74 Å². The third-order valence-corrected chi connectivity index (χ3v) is 4.00. The van der Waals surface area contributed by atoms with Crippen LogP contribution in [0.25, 0.3) is 0 Å². The van der Waals surface area contributed by atoms with E-state index in [4.69, 9.17) is 9.84 Å². The number of carbonyl (C=O) groups excluding carboxylic acids is 1. The number of piperazine rings is 1. The number of carboxylic acids is 1. The summed E-state index contributed by atoms with van der Waals surface area (Å²) >= 11 is 0. The Morgan fingerprint density at radius 3 is 2.50 bits per heavy atom. The summed E-state index contributed by atoms with van der Waals surface area (Å²) in [6, 6.07) is 4.55. The van der Waals surface area contributed by atoms with Gasteiger partial charge in [-0.25, -0.2) is 4.79 Å². The third-order valence-electron chi connectivity index (χ3n) is 4.00. The van der Waals surface area contributed by atoms with Crippen LogP contribution >= 0.6 is 0 Å². The zero-order valence-electron chi connectivity index (χ0n) is 13.0. The SMILES string of the molecule is COc1ccc(C(=O)CCN2CCN(C)CC2)cc1C(=O)O. The number of hydrogen-bond donors (Lipinski definition) is 1. The molecule has 1 aromatic carbocycles. The van der Waals surface area contributed by atoms with Crippen molar-refractivity contribution in [2.75, 3.05) is 46.9 Å². The second-order valence-electron chi connectivity index (χ2n) is 5.54. The van der Waals surface area contributed by atoms with Gasteiger partial charge in [-0.2, -0.15) is 0 Å². The van der Waals surface area contributed by atoms with Gasteiger partial charge >= 0.3 is 5.97 Å². The highest BCUT2D eigenvalue weighted by Gasteiger charge is 2.17. The van der Waals surface area contributed by atoms with Crippen molar-refractivity contribution >= 4 is 11.8 Å². The van der Waals surface area contributed by atoms with Gasteiger partial charge < -0.3 is 19.6 Å². The molecule has 0 aliphatic carbocycles. The average Bonchev–Trinajstić information content (AvgIpc) is 2.53. The Morgan fingerprint density at radius 1 is 1.23 bits per heavy atom. The van der Waals surface area contributed by atoms with E-state index >= 15 is 0 Å². The van der Waals surface area contributed by atoms with Crippen LogP contribution in [-0.4, -0.2) is 73.5 Å². The number of hydrogen-bond acceptors (Lipinski definition) is 5. The minimum atomic E-state index is -1.09. The van der Waals surface area contributed by atoms with Gasteiger partial charge in [0.15, 0.2) is 5.78 Å². The van der Waals surface area contributed by atoms with Crippen molar-refractivity contribution < 1.29 is 19.4 Å². The number of methoxy groups -OCH3 is 1. The van der Waals surface area contributed by atoms with Crippen LogP contribution in [0.15, 0.2) is 18.2 Å². The van der Waals surface area contributed by atoms with E-state index in [-0.39, 0.29) is 17.1 Å². The first-order valence-corrected chi connectivity index (χ1v) is 7.36. The molecular formula is C16H22N2O4. The van der Waals surface area contributed by atoms with Gasteiger partial charge in [0, 0.05) is 44.7 Å². The number of aromatic carboxylic acids is 1. The summed E-state index contributed by atoms with van der Waals surface area (Å²) in [5, 5.41) is 9.16. The Hall–Kier alpha value is -1.92. The number of benzene rings is 1. The number of carbonyl (C=O) groups is 2. The summed E-state index contributed by atoms with van der Waals surface area (Å²) in [4.78, 5) is 28.0. The molecule has 6 heteroatoms. The number of likely N-dealkylation sites (N-methyl/N-ethyl adjacent to an activating group) is 1. The Labute approximate surface area is 130 Å². The number of rotatable bonds is 6. The molecule has 0 atom stereocenters. The minimum Gasteiger partial charge on any atom is -0.496 e. The molecule has 1 saturated heterocycles. The Morgan fingerprint density at radius 2 is 1.91 bits per heavy atom. The molecule has 0 saturated carbocycles. The van der Waals surface area contributed by atoms with Gasteiger partial charge in [0.25, 0.3) is 0 Å². The van der Waals surface area contributed by atoms with Gasteiger partial charge in [-0.1, -0.05) is 0 Å². The van der Waals surface area contributed by atoms with E-state index in [1.54, 1.807) is 6.07 Å². The normalized spacial score (nSPS) is 16.5. The van der Waals surface area contributed by atoms with Gasteiger partial charge in [0.1, 0.15) is 11.3 Å². The maximum Gasteiger partial charge on any atom is 0.339 e. The fraction of sp³-hybridized carbons (Fsp3) is 0.500. The lowest BCUT2D eigenvalue weighted by molar-refractivity contribution is 0.0693. The first-order valence-electron chi connectivity index (χ1n) is 7.36. The monoisotopic (exact) mass is 306 g/mol. The maximum atomic E-state index is 12.3. The van der Waals surface area contributed by atoms with Gasteiger partial charge in [0.2, 0.25) is 0 Å². The van der Waals surface area contributed by atoms with Crippen molar-refractivity contribution in [3.63, 3.8) is 0 Å². The van der Waals surface area contributed by atoms with E-state index in [0.717, 1.165) is 26.2 Å². The minimum absolute atomic E-state index is 0.0212. The molecule has 1 aromatic rings. The standard InChI is InChI=1S/C16H22N2O4/c1-17-7-9-18(10-8-17)6-5-14(19)12-3-4-15(22-2)13(11-12)16(20)21/h3-4,11H,5-10H2,1-2H3,(H,20,21). The van der Waals surface area contributed by atoms with Crippen molar-refractivity contribution in [1.29, 1.82) is 0 Å². The largest absolute Gasteiger partial charge is 0.496 e. The highest BCUT2D eigenvalue weighted by molar-refractivity contribution is 6.00. The highest BCUT2D eigenvalue weighted by atomic mass is 16.5. The number of ketones is 1. The van der Waals surface area contributed by atoms with E-state index in [9.17, 15) is 9.59 Å². The van der Waals surface area contributed by atoms with E-state index in [0.29, 0.717) is 18.5 Å². The van der Waals surface area contributed by atoms with Crippen LogP contribution in [0.2, 0.25) is 0 Å². The molecule has 1 N–H and O–H groups in total. The Bertz CT molecular complexity index is 551. The quantitative estimate of drug-likeness (QED) is 0.797. The van der Waals surface area contributed by atoms with Crippen molar-refractivity contribution in [2.45, 2.75) is 6.42 Å². The van der Waals surface area contributed by atoms with Gasteiger partial charge in [-0.3, -0.25) is 4.79 Å². The predicted octanol–water partition coefficient (Wildman–Crippen LogP) is 1.21. The second kappa shape index (κ2) is 7.38. The van der Waals surface area contributed by atoms with Crippen LogP contribution in [0.1, 0.15) is 27.1 Å². The third kappa shape index (κ3) is 4.05. The van der Waals surface area contributed by atoms with Crippen LogP contribution in [0, 0.1) is 0 Å². The van der Waals surface area contributed by atoms with E-state index in [2.05, 4.69) is 16.8 Å². The van der Waals surface area contributed by atoms with Crippen LogP contribution in [0.4, 0.5) is 0 Å². The smallest absolute Gasteiger partial charge is 0.339 e. The molecule has 1 fully saturated rings. The summed E-state index contributed by atoms with van der Waals surface area (Å²) in [5.74, 6) is -0.863. The first-order chi connectivity index (χ1) is 10.5. The summed E-state index contributed by atoms with van der Waals surface area (Å²) < 4.78 is 5.00.